The molecule has 0 aromatic carbocycles. The highest BCUT2D eigenvalue weighted by molar-refractivity contribution is 5.81. The summed E-state index contributed by atoms with van der Waals surface area (Å²) in [7, 11) is 4.11. The van der Waals surface area contributed by atoms with Gasteiger partial charge in [-0.1, -0.05) is 0 Å². The molecule has 0 saturated carbocycles. The summed E-state index contributed by atoms with van der Waals surface area (Å²) in [5.74, 6) is 0. The van der Waals surface area contributed by atoms with Crippen molar-refractivity contribution in [2.75, 3.05) is 20.6 Å². The van der Waals surface area contributed by atoms with Gasteiger partial charge in [0, 0.05) is 29.9 Å². The van der Waals surface area contributed by atoms with Gasteiger partial charge in [-0.25, -0.2) is 9.97 Å². The van der Waals surface area contributed by atoms with E-state index in [4.69, 9.17) is 0 Å². The van der Waals surface area contributed by atoms with E-state index in [0.29, 0.717) is 0 Å². The number of hydrogen-bond donors (Lipinski definition) is 1. The van der Waals surface area contributed by atoms with Crippen LogP contribution >= 0.6 is 0 Å². The third kappa shape index (κ3) is 2.48. The van der Waals surface area contributed by atoms with Crippen molar-refractivity contribution in [3.63, 3.8) is 0 Å². The Morgan fingerprint density at radius 1 is 1.32 bits per heavy atom. The lowest BCUT2D eigenvalue weighted by Crippen LogP contribution is -2.18. The zero-order valence-corrected chi connectivity index (χ0v) is 11.0. The Morgan fingerprint density at radius 2 is 2.21 bits per heavy atom. The van der Waals surface area contributed by atoms with Gasteiger partial charge in [0.1, 0.15) is 12.0 Å². The minimum absolute atomic E-state index is 0.853. The largest absolute Gasteiger partial charge is 0.339 e. The van der Waals surface area contributed by atoms with Gasteiger partial charge in [-0.15, -0.1) is 0 Å². The SMILES string of the molecule is CN(C)CCn1cc(-c2cc3cncnc3[nH]2)cn1. The summed E-state index contributed by atoms with van der Waals surface area (Å²) in [5.41, 5.74) is 2.94. The van der Waals surface area contributed by atoms with E-state index in [1.54, 1.807) is 12.5 Å². The molecule has 0 spiro atoms. The van der Waals surface area contributed by atoms with Crippen LogP contribution in [0.3, 0.4) is 0 Å². The van der Waals surface area contributed by atoms with Crippen molar-refractivity contribution < 1.29 is 0 Å². The highest BCUT2D eigenvalue weighted by Gasteiger charge is 2.06. The van der Waals surface area contributed by atoms with Crippen LogP contribution in [0.4, 0.5) is 0 Å². The first-order valence-electron chi connectivity index (χ1n) is 6.18. The summed E-state index contributed by atoms with van der Waals surface area (Å²) in [6.45, 7) is 1.85. The maximum absolute atomic E-state index is 4.37. The molecular weight excluding hydrogens is 240 g/mol. The molecule has 6 heteroatoms. The molecule has 3 rings (SSSR count). The monoisotopic (exact) mass is 256 g/mol. The van der Waals surface area contributed by atoms with Gasteiger partial charge < -0.3 is 9.88 Å². The molecule has 3 heterocycles. The summed E-state index contributed by atoms with van der Waals surface area (Å²) in [6, 6.07) is 2.04. The van der Waals surface area contributed by atoms with Gasteiger partial charge in [-0.05, 0) is 20.2 Å². The number of aromatic nitrogens is 5. The second kappa shape index (κ2) is 4.81. The number of likely N-dealkylation sites (N-methyl/N-ethyl adjacent to an activating group) is 1. The molecule has 0 aliphatic rings. The maximum Gasteiger partial charge on any atom is 0.141 e. The van der Waals surface area contributed by atoms with Crippen LogP contribution < -0.4 is 0 Å². The lowest BCUT2D eigenvalue weighted by molar-refractivity contribution is 0.373. The predicted molar refractivity (Wildman–Crippen MR) is 73.7 cm³/mol. The van der Waals surface area contributed by atoms with Crippen LogP contribution in [0.1, 0.15) is 0 Å². The molecule has 3 aromatic rings. The number of nitrogens with zero attached hydrogens (tertiary/aromatic N) is 5. The van der Waals surface area contributed by atoms with Crippen LogP contribution in [0.15, 0.2) is 31.0 Å². The molecule has 0 aliphatic heterocycles. The summed E-state index contributed by atoms with van der Waals surface area (Å²) in [4.78, 5) is 13.6. The number of hydrogen-bond acceptors (Lipinski definition) is 4. The fraction of sp³-hybridized carbons (Fsp3) is 0.308. The van der Waals surface area contributed by atoms with Crippen molar-refractivity contribution in [2.24, 2.45) is 0 Å². The van der Waals surface area contributed by atoms with Gasteiger partial charge in [-0.3, -0.25) is 4.68 Å². The average Bonchev–Trinajstić information content (AvgIpc) is 3.02. The van der Waals surface area contributed by atoms with E-state index >= 15 is 0 Å². The molecule has 0 unspecified atom stereocenters. The smallest absolute Gasteiger partial charge is 0.141 e. The molecule has 0 amide bonds. The first-order chi connectivity index (χ1) is 9.22. The van der Waals surface area contributed by atoms with E-state index in [0.717, 1.165) is 35.4 Å². The Morgan fingerprint density at radius 3 is 3.00 bits per heavy atom. The minimum Gasteiger partial charge on any atom is -0.339 e. The molecule has 0 aliphatic carbocycles. The zero-order valence-electron chi connectivity index (χ0n) is 11.0. The van der Waals surface area contributed by atoms with Crippen molar-refractivity contribution in [2.45, 2.75) is 6.54 Å². The van der Waals surface area contributed by atoms with Crippen molar-refractivity contribution in [1.29, 1.82) is 0 Å². The zero-order chi connectivity index (χ0) is 13.2. The lowest BCUT2D eigenvalue weighted by Gasteiger charge is -2.08. The van der Waals surface area contributed by atoms with Crippen LogP contribution in [0.25, 0.3) is 22.3 Å². The van der Waals surface area contributed by atoms with Crippen LogP contribution in [0, 0.1) is 0 Å². The van der Waals surface area contributed by atoms with Crippen molar-refractivity contribution in [3.8, 4) is 11.3 Å². The average molecular weight is 256 g/mol. The standard InChI is InChI=1S/C13H16N6/c1-18(2)3-4-19-8-11(7-16-19)12-5-10-6-14-9-15-13(10)17-12/h5-9H,3-4H2,1-2H3,(H,14,15,17). The Labute approximate surface area is 111 Å². The molecular formula is C13H16N6. The number of fused-ring (bicyclic) bond motifs is 1. The Hall–Kier alpha value is -2.21. The van der Waals surface area contributed by atoms with Gasteiger partial charge in [-0.2, -0.15) is 5.10 Å². The molecule has 0 atom stereocenters. The van der Waals surface area contributed by atoms with Crippen LogP contribution in [-0.4, -0.2) is 50.3 Å². The minimum atomic E-state index is 0.853. The number of aromatic amines is 1. The molecule has 0 bridgehead atoms. The van der Waals surface area contributed by atoms with Crippen molar-refractivity contribution in [3.05, 3.63) is 31.0 Å². The number of nitrogens with one attached hydrogen (secondary N) is 1. The number of H-pyrrole nitrogens is 1. The third-order valence-corrected chi connectivity index (χ3v) is 3.01. The van der Waals surface area contributed by atoms with Gasteiger partial charge in [0.25, 0.3) is 0 Å². The normalized spacial score (nSPS) is 11.5. The Bertz CT molecular complexity index is 648. The second-order valence-electron chi connectivity index (χ2n) is 4.81. The van der Waals surface area contributed by atoms with Crippen molar-refractivity contribution >= 4 is 11.0 Å². The molecule has 6 nitrogen and oxygen atoms in total. The Kier molecular flexibility index (Phi) is 3.00. The van der Waals surface area contributed by atoms with Crippen LogP contribution in [0.5, 0.6) is 0 Å². The molecule has 1 N–H and O–H groups in total. The van der Waals surface area contributed by atoms with Gasteiger partial charge in [0.2, 0.25) is 0 Å². The molecule has 0 radical (unpaired) electrons. The van der Waals surface area contributed by atoms with Crippen LogP contribution in [0.2, 0.25) is 0 Å². The molecule has 19 heavy (non-hydrogen) atoms. The Balaban J connectivity index is 1.85. The first-order valence-corrected chi connectivity index (χ1v) is 6.18. The van der Waals surface area contributed by atoms with Gasteiger partial charge in [0.15, 0.2) is 0 Å². The summed E-state index contributed by atoms with van der Waals surface area (Å²) < 4.78 is 1.95. The highest BCUT2D eigenvalue weighted by atomic mass is 15.3. The molecule has 98 valence electrons. The van der Waals surface area contributed by atoms with E-state index < -0.39 is 0 Å². The van der Waals surface area contributed by atoms with Crippen LogP contribution in [-0.2, 0) is 6.54 Å². The molecule has 3 aromatic heterocycles. The maximum atomic E-state index is 4.37. The topological polar surface area (TPSA) is 62.6 Å². The number of rotatable bonds is 4. The lowest BCUT2D eigenvalue weighted by atomic mass is 10.2. The van der Waals surface area contributed by atoms with E-state index in [2.05, 4.69) is 39.0 Å². The highest BCUT2D eigenvalue weighted by Crippen LogP contribution is 2.21. The van der Waals surface area contributed by atoms with E-state index in [1.165, 1.54) is 0 Å². The second-order valence-corrected chi connectivity index (χ2v) is 4.81. The fourth-order valence-corrected chi connectivity index (χ4v) is 1.95. The van der Waals surface area contributed by atoms with Crippen molar-refractivity contribution in [1.82, 2.24) is 29.6 Å². The van der Waals surface area contributed by atoms with E-state index in [-0.39, 0.29) is 0 Å². The van der Waals surface area contributed by atoms with Gasteiger partial charge in [0.05, 0.1) is 18.4 Å². The summed E-state index contributed by atoms with van der Waals surface area (Å²) >= 11 is 0. The van der Waals surface area contributed by atoms with E-state index in [1.807, 2.05) is 23.1 Å². The predicted octanol–water partition coefficient (Wildman–Crippen LogP) is 1.38. The molecule has 0 saturated heterocycles. The first kappa shape index (κ1) is 11.9. The molecule has 0 fully saturated rings. The third-order valence-electron chi connectivity index (χ3n) is 3.01. The quantitative estimate of drug-likeness (QED) is 0.766. The summed E-state index contributed by atoms with van der Waals surface area (Å²) in [5, 5.41) is 5.38. The van der Waals surface area contributed by atoms with E-state index in [9.17, 15) is 0 Å². The fourth-order valence-electron chi connectivity index (χ4n) is 1.95. The van der Waals surface area contributed by atoms with Gasteiger partial charge >= 0.3 is 0 Å². The summed E-state index contributed by atoms with van der Waals surface area (Å²) in [6.07, 6.45) is 7.26.